The first-order chi connectivity index (χ1) is 27.6. The quantitative estimate of drug-likeness (QED) is 0.0182. The number of nitrogens with zero attached hydrogens (tertiary/aromatic N) is 4. The SMILES string of the molecule is CCCCCCCCCCCC(=O)N[C@@H](CCCN=C(N)N)C(=O)N[C@@H](CCCN=C(N)N)C(=O)N[C@@H](CCCN=C(N)N)C(=O)N[C@@H](CCCN=C(N)N)C(N)=O. The van der Waals surface area contributed by atoms with Crippen LogP contribution < -0.4 is 72.9 Å². The van der Waals surface area contributed by atoms with Crippen LogP contribution >= 0.6 is 0 Å². The number of primary amides is 1. The number of rotatable bonds is 34. The van der Waals surface area contributed by atoms with Gasteiger partial charge in [-0.2, -0.15) is 0 Å². The second-order valence-electron chi connectivity index (χ2n) is 14.1. The maximum absolute atomic E-state index is 13.9. The van der Waals surface area contributed by atoms with Crippen LogP contribution in [0.3, 0.4) is 0 Å². The third-order valence-electron chi connectivity index (χ3n) is 8.87. The van der Waals surface area contributed by atoms with E-state index in [4.69, 9.17) is 51.6 Å². The molecule has 0 aromatic heterocycles. The van der Waals surface area contributed by atoms with Crippen LogP contribution in [0, 0.1) is 0 Å². The number of guanidine groups is 4. The summed E-state index contributed by atoms with van der Waals surface area (Å²) >= 11 is 0. The van der Waals surface area contributed by atoms with Crippen molar-refractivity contribution in [3.8, 4) is 0 Å². The summed E-state index contributed by atoms with van der Waals surface area (Å²) in [5, 5.41) is 10.8. The number of unbranched alkanes of at least 4 members (excludes halogenated alkanes) is 8. The molecule has 0 aliphatic rings. The molecule has 0 aliphatic carbocycles. The highest BCUT2D eigenvalue weighted by Gasteiger charge is 2.30. The van der Waals surface area contributed by atoms with Gasteiger partial charge in [-0.05, 0) is 57.8 Å². The molecule has 0 aromatic carbocycles. The summed E-state index contributed by atoms with van der Waals surface area (Å²) < 4.78 is 0. The van der Waals surface area contributed by atoms with Gasteiger partial charge in [-0.1, -0.05) is 58.3 Å². The fraction of sp³-hybridized carbons (Fsp3) is 0.750. The van der Waals surface area contributed by atoms with E-state index in [0.717, 1.165) is 19.3 Å². The summed E-state index contributed by atoms with van der Waals surface area (Å²) in [5.41, 5.74) is 49.1. The van der Waals surface area contributed by atoms with Crippen molar-refractivity contribution in [3.63, 3.8) is 0 Å². The van der Waals surface area contributed by atoms with Gasteiger partial charge < -0.3 is 72.9 Å². The van der Waals surface area contributed by atoms with E-state index in [0.29, 0.717) is 19.3 Å². The van der Waals surface area contributed by atoms with Crippen molar-refractivity contribution in [2.75, 3.05) is 26.2 Å². The zero-order valence-corrected chi connectivity index (χ0v) is 34.4. The molecule has 22 heteroatoms. The van der Waals surface area contributed by atoms with Crippen molar-refractivity contribution in [3.05, 3.63) is 0 Å². The first-order valence-electron chi connectivity index (χ1n) is 20.3. The van der Waals surface area contributed by atoms with Crippen LogP contribution in [0.1, 0.15) is 122 Å². The number of nitrogens with two attached hydrogens (primary N) is 9. The van der Waals surface area contributed by atoms with Gasteiger partial charge in [-0.25, -0.2) is 0 Å². The molecule has 22 N–H and O–H groups in total. The summed E-state index contributed by atoms with van der Waals surface area (Å²) in [6.07, 6.45) is 11.5. The van der Waals surface area contributed by atoms with Gasteiger partial charge in [0.1, 0.15) is 24.2 Å². The van der Waals surface area contributed by atoms with Crippen molar-refractivity contribution in [2.45, 2.75) is 147 Å². The van der Waals surface area contributed by atoms with Crippen molar-refractivity contribution < 1.29 is 24.0 Å². The molecule has 0 fully saturated rings. The van der Waals surface area contributed by atoms with Crippen molar-refractivity contribution >= 4 is 53.4 Å². The van der Waals surface area contributed by atoms with Gasteiger partial charge in [-0.3, -0.25) is 43.9 Å². The first kappa shape index (κ1) is 52.4. The van der Waals surface area contributed by atoms with Crippen molar-refractivity contribution in [2.24, 2.45) is 71.6 Å². The van der Waals surface area contributed by atoms with Gasteiger partial charge in [0, 0.05) is 32.6 Å². The second kappa shape index (κ2) is 32.5. The van der Waals surface area contributed by atoms with Crippen LogP contribution in [0.2, 0.25) is 0 Å². The molecule has 0 aliphatic heterocycles. The van der Waals surface area contributed by atoms with E-state index >= 15 is 0 Å². The first-order valence-corrected chi connectivity index (χ1v) is 20.3. The lowest BCUT2D eigenvalue weighted by Crippen LogP contribution is -2.58. The lowest BCUT2D eigenvalue weighted by molar-refractivity contribution is -0.134. The lowest BCUT2D eigenvalue weighted by atomic mass is 10.0. The minimum atomic E-state index is -1.20. The van der Waals surface area contributed by atoms with E-state index in [2.05, 4.69) is 48.2 Å². The number of hydrogen-bond donors (Lipinski definition) is 13. The van der Waals surface area contributed by atoms with Gasteiger partial charge >= 0.3 is 0 Å². The molecular formula is C36H73N17O5. The maximum atomic E-state index is 13.9. The Morgan fingerprint density at radius 3 is 1.02 bits per heavy atom. The Balaban J connectivity index is 6.08. The molecule has 5 amide bonds. The summed E-state index contributed by atoms with van der Waals surface area (Å²) in [7, 11) is 0. The van der Waals surface area contributed by atoms with Crippen LogP contribution in [0.25, 0.3) is 0 Å². The standard InChI is InChI=1S/C36H73N17O5/c1-2-3-4-5-6-7-8-9-10-19-28(54)50-25(16-12-21-47-34(40)41)30(56)52-27(18-14-23-49-36(44)45)32(58)53-26(17-13-22-48-35(42)43)31(57)51-24(29(37)55)15-11-20-46-33(38)39/h24-27H,2-23H2,1H3,(H2,37,55)(H,50,54)(H,51,57)(H,52,56)(H,53,58)(H4,38,39,46)(H4,40,41,47)(H4,42,43,48)(H4,44,45,49)/t24-,25-,26-,27-/m0/s1. The van der Waals surface area contributed by atoms with Gasteiger partial charge in [0.05, 0.1) is 0 Å². The average molecular weight is 824 g/mol. The second-order valence-corrected chi connectivity index (χ2v) is 14.1. The van der Waals surface area contributed by atoms with E-state index < -0.39 is 47.8 Å². The van der Waals surface area contributed by atoms with Crippen LogP contribution in [-0.4, -0.2) is 104 Å². The molecule has 0 aromatic rings. The summed E-state index contributed by atoms with van der Waals surface area (Å²) in [6, 6.07) is -4.53. The molecule has 332 valence electrons. The van der Waals surface area contributed by atoms with Gasteiger partial charge in [-0.15, -0.1) is 0 Å². The average Bonchev–Trinajstić information content (AvgIpc) is 3.14. The molecule has 0 heterocycles. The Morgan fingerprint density at radius 1 is 0.397 bits per heavy atom. The fourth-order valence-corrected chi connectivity index (χ4v) is 5.79. The molecule has 0 saturated carbocycles. The van der Waals surface area contributed by atoms with Crippen LogP contribution in [-0.2, 0) is 24.0 Å². The van der Waals surface area contributed by atoms with Gasteiger partial charge in [0.15, 0.2) is 23.8 Å². The molecule has 0 saturated heterocycles. The fourth-order valence-electron chi connectivity index (χ4n) is 5.79. The largest absolute Gasteiger partial charge is 0.370 e. The number of carbonyl (C=O) groups excluding carboxylic acids is 5. The van der Waals surface area contributed by atoms with Crippen molar-refractivity contribution in [1.82, 2.24) is 21.3 Å². The van der Waals surface area contributed by atoms with E-state index in [9.17, 15) is 24.0 Å². The monoisotopic (exact) mass is 824 g/mol. The number of aliphatic imine (C=N–C) groups is 4. The summed E-state index contributed by atoms with van der Waals surface area (Å²) in [5.74, 6) is -3.72. The lowest BCUT2D eigenvalue weighted by Gasteiger charge is -2.26. The van der Waals surface area contributed by atoms with Crippen LogP contribution in [0.4, 0.5) is 0 Å². The molecule has 58 heavy (non-hydrogen) atoms. The zero-order valence-electron chi connectivity index (χ0n) is 34.4. The third kappa shape index (κ3) is 28.8. The third-order valence-corrected chi connectivity index (χ3v) is 8.87. The molecule has 4 atom stereocenters. The predicted molar refractivity (Wildman–Crippen MR) is 228 cm³/mol. The van der Waals surface area contributed by atoms with Gasteiger partial charge in [0.2, 0.25) is 29.5 Å². The summed E-state index contributed by atoms with van der Waals surface area (Å²) in [6.45, 7) is 2.86. The molecule has 0 spiro atoms. The smallest absolute Gasteiger partial charge is 0.243 e. The van der Waals surface area contributed by atoms with Crippen LogP contribution in [0.5, 0.6) is 0 Å². The van der Waals surface area contributed by atoms with E-state index in [1.54, 1.807) is 0 Å². The molecule has 0 bridgehead atoms. The van der Waals surface area contributed by atoms with E-state index in [1.807, 2.05) is 0 Å². The number of amides is 5. The molecule has 22 nitrogen and oxygen atoms in total. The Hall–Kier alpha value is -5.57. The Kier molecular flexibility index (Phi) is 29.4. The molecule has 0 rings (SSSR count). The molecule has 0 radical (unpaired) electrons. The number of nitrogens with one attached hydrogen (secondary N) is 4. The zero-order chi connectivity index (χ0) is 43.7. The number of hydrogen-bond acceptors (Lipinski definition) is 9. The van der Waals surface area contributed by atoms with E-state index in [-0.39, 0.29) is 101 Å². The highest BCUT2D eigenvalue weighted by atomic mass is 16.2. The summed E-state index contributed by atoms with van der Waals surface area (Å²) in [4.78, 5) is 82.3. The molecular weight excluding hydrogens is 751 g/mol. The van der Waals surface area contributed by atoms with Crippen LogP contribution in [0.15, 0.2) is 20.0 Å². The maximum Gasteiger partial charge on any atom is 0.243 e. The highest BCUT2D eigenvalue weighted by molar-refractivity contribution is 5.95. The predicted octanol–water partition coefficient (Wildman–Crippen LogP) is -2.45. The normalized spacial score (nSPS) is 12.7. The molecule has 0 unspecified atom stereocenters. The Bertz CT molecular complexity index is 1340. The topological polar surface area (TPSA) is 417 Å². The highest BCUT2D eigenvalue weighted by Crippen LogP contribution is 2.12. The minimum Gasteiger partial charge on any atom is -0.370 e. The Labute approximate surface area is 342 Å². The van der Waals surface area contributed by atoms with Crippen molar-refractivity contribution in [1.29, 1.82) is 0 Å². The number of carbonyl (C=O) groups is 5. The van der Waals surface area contributed by atoms with Gasteiger partial charge in [0.25, 0.3) is 0 Å². The minimum absolute atomic E-state index is 0.0465. The van der Waals surface area contributed by atoms with E-state index in [1.165, 1.54) is 32.1 Å². The Morgan fingerprint density at radius 2 is 0.690 bits per heavy atom.